The lowest BCUT2D eigenvalue weighted by Gasteiger charge is -2.48. The Bertz CT molecular complexity index is 446. The molecule has 5 unspecified atom stereocenters. The van der Waals surface area contributed by atoms with Gasteiger partial charge in [0.2, 0.25) is 0 Å². The van der Waals surface area contributed by atoms with E-state index < -0.39 is 68.1 Å². The van der Waals surface area contributed by atoms with Gasteiger partial charge in [0.25, 0.3) is 0 Å². The summed E-state index contributed by atoms with van der Waals surface area (Å²) < 4.78 is 10.7. The van der Waals surface area contributed by atoms with Crippen LogP contribution in [-0.2, 0) is 9.47 Å². The number of aliphatic hydroxyl groups excluding tert-OH is 7. The van der Waals surface area contributed by atoms with Crippen LogP contribution in [0.1, 0.15) is 12.8 Å². The van der Waals surface area contributed by atoms with Crippen molar-refractivity contribution in [2.24, 2.45) is 0 Å². The Labute approximate surface area is 169 Å². The predicted molar refractivity (Wildman–Crippen MR) is 99.8 cm³/mol. The largest absolute Gasteiger partial charge is 0.396 e. The monoisotopic (exact) mass is 428 g/mol. The third kappa shape index (κ3) is 7.02. The van der Waals surface area contributed by atoms with Gasteiger partial charge in [-0.25, -0.2) is 0 Å². The molecule has 12 heteroatoms. The Morgan fingerprint density at radius 1 is 1.07 bits per heavy atom. The molecule has 1 aliphatic heterocycles. The molecule has 174 valence electrons. The van der Waals surface area contributed by atoms with Crippen molar-refractivity contribution in [3.8, 4) is 0 Å². The minimum Gasteiger partial charge on any atom is -0.396 e. The maximum atomic E-state index is 11.1. The second kappa shape index (κ2) is 13.0. The Morgan fingerprint density at radius 3 is 2.34 bits per heavy atom. The van der Waals surface area contributed by atoms with E-state index in [1.807, 2.05) is 7.05 Å². The molecule has 0 bridgehead atoms. The van der Waals surface area contributed by atoms with Gasteiger partial charge in [0.1, 0.15) is 42.2 Å². The molecule has 1 fully saturated rings. The van der Waals surface area contributed by atoms with Crippen molar-refractivity contribution in [1.29, 1.82) is 0 Å². The molecule has 10 N–H and O–H groups in total. The molecule has 1 rings (SSSR count). The fraction of sp³-hybridized carbons (Fsp3) is 1.00. The molecule has 0 radical (unpaired) electrons. The van der Waals surface area contributed by atoms with Crippen molar-refractivity contribution in [3.63, 3.8) is 0 Å². The molecule has 29 heavy (non-hydrogen) atoms. The molecule has 0 aromatic carbocycles. The van der Waals surface area contributed by atoms with E-state index in [0.717, 1.165) is 13.0 Å². The van der Waals surface area contributed by atoms with Crippen molar-refractivity contribution in [1.82, 2.24) is 10.6 Å². The number of aliphatic hydroxyl groups is 8. The second-order valence-corrected chi connectivity index (χ2v) is 7.22. The van der Waals surface area contributed by atoms with Crippen molar-refractivity contribution in [2.45, 2.75) is 61.2 Å². The first-order chi connectivity index (χ1) is 13.7. The van der Waals surface area contributed by atoms with Crippen molar-refractivity contribution in [3.05, 3.63) is 0 Å². The number of nitrogens with one attached hydrogen (secondary N) is 2. The summed E-state index contributed by atoms with van der Waals surface area (Å²) in [6.07, 6.45) is -11.3. The number of hydrogen-bond acceptors (Lipinski definition) is 12. The standard InChI is InChI=1S/C17H36N2O10/c1-18-4-2-5-19-9-28-8-17(27,15(26)10(22)3-6-20)16-14(25)13(24)12(23)11(7-21)29-16/h10-16,18-27H,2-9H2,1H3/t10?,11?,12?,13-,14+,15?,16?,17-/m0/s1. The van der Waals surface area contributed by atoms with E-state index in [-0.39, 0.29) is 13.2 Å². The second-order valence-electron chi connectivity index (χ2n) is 7.22. The van der Waals surface area contributed by atoms with E-state index in [1.165, 1.54) is 0 Å². The van der Waals surface area contributed by atoms with E-state index in [1.54, 1.807) is 0 Å². The lowest BCUT2D eigenvalue weighted by molar-refractivity contribution is -0.300. The van der Waals surface area contributed by atoms with Gasteiger partial charge in [0, 0.05) is 6.61 Å². The van der Waals surface area contributed by atoms with Gasteiger partial charge in [-0.15, -0.1) is 0 Å². The van der Waals surface area contributed by atoms with Crippen LogP contribution in [0.15, 0.2) is 0 Å². The number of ether oxygens (including phenoxy) is 2. The average molecular weight is 428 g/mol. The van der Waals surface area contributed by atoms with Crippen LogP contribution in [0.3, 0.4) is 0 Å². The van der Waals surface area contributed by atoms with Crippen molar-refractivity contribution < 1.29 is 50.3 Å². The lowest BCUT2D eigenvalue weighted by Crippen LogP contribution is -2.70. The molecule has 0 amide bonds. The average Bonchev–Trinajstić information content (AvgIpc) is 2.71. The summed E-state index contributed by atoms with van der Waals surface area (Å²) in [5.74, 6) is 0. The molecule has 1 saturated heterocycles. The first-order valence-corrected chi connectivity index (χ1v) is 9.67. The van der Waals surface area contributed by atoms with E-state index >= 15 is 0 Å². The number of rotatable bonds is 14. The minimum absolute atomic E-state index is 0.0216. The van der Waals surface area contributed by atoms with Crippen LogP contribution in [0.4, 0.5) is 0 Å². The highest BCUT2D eigenvalue weighted by atomic mass is 16.6. The zero-order chi connectivity index (χ0) is 22.0. The van der Waals surface area contributed by atoms with Gasteiger partial charge in [0.05, 0.1) is 26.0 Å². The summed E-state index contributed by atoms with van der Waals surface area (Å²) in [6.45, 7) is -0.439. The first kappa shape index (κ1) is 26.6. The molecule has 0 spiro atoms. The van der Waals surface area contributed by atoms with Gasteiger partial charge in [-0.2, -0.15) is 0 Å². The van der Waals surface area contributed by atoms with Gasteiger partial charge in [0.15, 0.2) is 0 Å². The summed E-state index contributed by atoms with van der Waals surface area (Å²) in [5.41, 5.74) is -2.42. The van der Waals surface area contributed by atoms with E-state index in [4.69, 9.17) is 14.6 Å². The van der Waals surface area contributed by atoms with Crippen LogP contribution in [0.2, 0.25) is 0 Å². The van der Waals surface area contributed by atoms with E-state index in [9.17, 15) is 35.7 Å². The molecule has 8 atom stereocenters. The summed E-state index contributed by atoms with van der Waals surface area (Å²) >= 11 is 0. The van der Waals surface area contributed by atoms with Crippen LogP contribution in [0.5, 0.6) is 0 Å². The molecule has 12 nitrogen and oxygen atoms in total. The molecule has 0 aromatic heterocycles. The predicted octanol–water partition coefficient (Wildman–Crippen LogP) is -5.16. The maximum Gasteiger partial charge on any atom is 0.145 e. The van der Waals surface area contributed by atoms with Gasteiger partial charge in [-0.05, 0) is 33.0 Å². The maximum absolute atomic E-state index is 11.1. The van der Waals surface area contributed by atoms with Crippen LogP contribution < -0.4 is 10.6 Å². The normalized spacial score (nSPS) is 32.0. The third-order valence-corrected chi connectivity index (χ3v) is 5.00. The van der Waals surface area contributed by atoms with E-state index in [2.05, 4.69) is 10.6 Å². The minimum atomic E-state index is -2.42. The van der Waals surface area contributed by atoms with Crippen LogP contribution >= 0.6 is 0 Å². The number of hydrogen-bond donors (Lipinski definition) is 10. The molecule has 0 saturated carbocycles. The van der Waals surface area contributed by atoms with Gasteiger partial charge in [-0.1, -0.05) is 0 Å². The molecule has 1 heterocycles. The quantitative estimate of drug-likeness (QED) is 0.0931. The summed E-state index contributed by atoms with van der Waals surface area (Å²) in [7, 11) is 1.82. The zero-order valence-electron chi connectivity index (χ0n) is 16.6. The summed E-state index contributed by atoms with van der Waals surface area (Å²) in [5, 5.41) is 86.2. The highest BCUT2D eigenvalue weighted by Gasteiger charge is 2.56. The Morgan fingerprint density at radius 2 is 1.76 bits per heavy atom. The van der Waals surface area contributed by atoms with Crippen LogP contribution in [0, 0.1) is 0 Å². The van der Waals surface area contributed by atoms with Gasteiger partial charge < -0.3 is 55.6 Å². The lowest BCUT2D eigenvalue weighted by atomic mass is 9.79. The highest BCUT2D eigenvalue weighted by molar-refractivity contribution is 5.06. The van der Waals surface area contributed by atoms with Crippen molar-refractivity contribution >= 4 is 0 Å². The Balaban J connectivity index is 2.91. The molecular formula is C17H36N2O10. The molecular weight excluding hydrogens is 392 g/mol. The van der Waals surface area contributed by atoms with Crippen molar-refractivity contribution in [2.75, 3.05) is 46.7 Å². The Hall–Kier alpha value is -0.480. The fourth-order valence-corrected chi connectivity index (χ4v) is 3.22. The zero-order valence-corrected chi connectivity index (χ0v) is 16.6. The fourth-order valence-electron chi connectivity index (χ4n) is 3.22. The summed E-state index contributed by atoms with van der Waals surface area (Å²) in [6, 6.07) is 0. The molecule has 0 aliphatic carbocycles. The van der Waals surface area contributed by atoms with E-state index in [0.29, 0.717) is 6.54 Å². The Kier molecular flexibility index (Phi) is 11.9. The van der Waals surface area contributed by atoms with Crippen LogP contribution in [-0.4, -0.2) is 136 Å². The third-order valence-electron chi connectivity index (χ3n) is 5.00. The summed E-state index contributed by atoms with van der Waals surface area (Å²) in [4.78, 5) is 0. The SMILES string of the molecule is CNCCCNCOC[C@](O)(C(O)C(O)CCO)C1OC(CO)C(O)[C@H](O)[C@H]1O. The first-order valence-electron chi connectivity index (χ1n) is 9.67. The highest BCUT2D eigenvalue weighted by Crippen LogP contribution is 2.32. The van der Waals surface area contributed by atoms with Gasteiger partial charge in [-0.3, -0.25) is 5.32 Å². The molecule has 0 aromatic rings. The topological polar surface area (TPSA) is 204 Å². The smallest absolute Gasteiger partial charge is 0.145 e. The van der Waals surface area contributed by atoms with Gasteiger partial charge >= 0.3 is 0 Å². The molecule has 1 aliphatic rings. The van der Waals surface area contributed by atoms with Crippen LogP contribution in [0.25, 0.3) is 0 Å².